The molecule has 1 fully saturated rings. The van der Waals surface area contributed by atoms with Crippen molar-refractivity contribution < 1.29 is 35.1 Å². The van der Waals surface area contributed by atoms with E-state index in [1.807, 2.05) is 0 Å². The summed E-state index contributed by atoms with van der Waals surface area (Å²) >= 11 is 0. The van der Waals surface area contributed by atoms with E-state index in [9.17, 15) is 4.79 Å². The molecule has 0 bridgehead atoms. The van der Waals surface area contributed by atoms with Gasteiger partial charge in [0.2, 0.25) is 0 Å². The standard InChI is InChI=1S/C6H10O7.Li.H/c7-1-2(8)4(5(10)11)13-6(12)3(1)9;;/h1-4,6-9,12H,(H,10,11);;/t1-,2-,3+,4-,6+;;/m0../s1. The molecule has 1 saturated heterocycles. The summed E-state index contributed by atoms with van der Waals surface area (Å²) in [6.07, 6.45) is -8.72. The van der Waals surface area contributed by atoms with Crippen LogP contribution in [-0.4, -0.2) is 81.1 Å². The van der Waals surface area contributed by atoms with Gasteiger partial charge in [-0.05, 0) is 0 Å². The summed E-state index contributed by atoms with van der Waals surface area (Å²) < 4.78 is 4.34. The molecule has 0 aliphatic carbocycles. The molecule has 7 nitrogen and oxygen atoms in total. The third-order valence-electron chi connectivity index (χ3n) is 1.83. The average molecular weight is 202 g/mol. The maximum atomic E-state index is 10.4. The van der Waals surface area contributed by atoms with Gasteiger partial charge in [-0.3, -0.25) is 0 Å². The molecular weight excluding hydrogens is 191 g/mol. The number of ether oxygens (including phenoxy) is 1. The number of rotatable bonds is 1. The second-order valence-corrected chi connectivity index (χ2v) is 2.76. The van der Waals surface area contributed by atoms with Crippen molar-refractivity contribution in [3.8, 4) is 0 Å². The molecule has 5 N–H and O–H groups in total. The van der Waals surface area contributed by atoms with Crippen LogP contribution in [0.25, 0.3) is 0 Å². The first-order valence-electron chi connectivity index (χ1n) is 3.55. The second kappa shape index (κ2) is 5.09. The van der Waals surface area contributed by atoms with Gasteiger partial charge in [-0.1, -0.05) is 0 Å². The van der Waals surface area contributed by atoms with E-state index in [-0.39, 0.29) is 18.9 Å². The predicted octanol–water partition coefficient (Wildman–Crippen LogP) is -3.78. The summed E-state index contributed by atoms with van der Waals surface area (Å²) in [5, 5.41) is 44.4. The Morgan fingerprint density at radius 3 is 1.93 bits per heavy atom. The van der Waals surface area contributed by atoms with Gasteiger partial charge < -0.3 is 30.3 Å². The van der Waals surface area contributed by atoms with Crippen molar-refractivity contribution >= 4 is 24.8 Å². The van der Waals surface area contributed by atoms with Gasteiger partial charge in [0, 0.05) is 0 Å². The summed E-state index contributed by atoms with van der Waals surface area (Å²) in [7, 11) is 0. The van der Waals surface area contributed by atoms with E-state index >= 15 is 0 Å². The Bertz CT molecular complexity index is 210. The summed E-state index contributed by atoms with van der Waals surface area (Å²) in [6, 6.07) is 0. The zero-order valence-electron chi connectivity index (χ0n) is 6.44. The molecule has 78 valence electrons. The molecule has 0 aromatic rings. The van der Waals surface area contributed by atoms with Crippen LogP contribution >= 0.6 is 0 Å². The van der Waals surface area contributed by atoms with Crippen molar-refractivity contribution in [2.24, 2.45) is 0 Å². The number of hydrogen-bond donors (Lipinski definition) is 5. The summed E-state index contributed by atoms with van der Waals surface area (Å²) in [4.78, 5) is 10.4. The van der Waals surface area contributed by atoms with Crippen molar-refractivity contribution in [2.45, 2.75) is 30.7 Å². The molecule has 5 atom stereocenters. The number of hydrogen-bond acceptors (Lipinski definition) is 6. The van der Waals surface area contributed by atoms with Crippen molar-refractivity contribution in [2.75, 3.05) is 0 Å². The Kier molecular flexibility index (Phi) is 5.04. The molecular formula is C6H11LiO7. The average Bonchev–Trinajstić information content (AvgIpc) is 2.07. The van der Waals surface area contributed by atoms with E-state index in [1.165, 1.54) is 0 Å². The van der Waals surface area contributed by atoms with Crippen molar-refractivity contribution in [3.05, 3.63) is 0 Å². The maximum absolute atomic E-state index is 10.4. The van der Waals surface area contributed by atoms with Gasteiger partial charge in [0.15, 0.2) is 12.4 Å². The van der Waals surface area contributed by atoms with Crippen molar-refractivity contribution in [1.82, 2.24) is 0 Å². The van der Waals surface area contributed by atoms with Crippen molar-refractivity contribution in [1.29, 1.82) is 0 Å². The second-order valence-electron chi connectivity index (χ2n) is 2.76. The summed E-state index contributed by atoms with van der Waals surface area (Å²) in [5.74, 6) is -1.52. The number of aliphatic hydroxyl groups is 4. The Morgan fingerprint density at radius 1 is 1.00 bits per heavy atom. The van der Waals surface area contributed by atoms with Crippen LogP contribution in [0.15, 0.2) is 0 Å². The van der Waals surface area contributed by atoms with Crippen LogP contribution in [0.4, 0.5) is 0 Å². The Labute approximate surface area is 91.1 Å². The Hall–Kier alpha value is -0.133. The molecule has 0 amide bonds. The van der Waals surface area contributed by atoms with Gasteiger partial charge in [-0.25, -0.2) is 4.79 Å². The summed E-state index contributed by atoms with van der Waals surface area (Å²) in [5.41, 5.74) is 0. The van der Waals surface area contributed by atoms with Crippen LogP contribution in [0.5, 0.6) is 0 Å². The molecule has 1 rings (SSSR count). The number of carbonyl (C=O) groups is 1. The fourth-order valence-electron chi connectivity index (χ4n) is 1.07. The molecule has 0 radical (unpaired) electrons. The van der Waals surface area contributed by atoms with Gasteiger partial charge in [0.05, 0.1) is 0 Å². The van der Waals surface area contributed by atoms with Crippen LogP contribution in [0.3, 0.4) is 0 Å². The normalized spacial score (nSPS) is 42.7. The first-order valence-corrected chi connectivity index (χ1v) is 3.55. The van der Waals surface area contributed by atoms with Gasteiger partial charge in [-0.2, -0.15) is 0 Å². The first kappa shape index (κ1) is 13.9. The molecule has 0 aromatic carbocycles. The molecule has 1 aliphatic rings. The van der Waals surface area contributed by atoms with Crippen molar-refractivity contribution in [3.63, 3.8) is 0 Å². The van der Waals surface area contributed by atoms with E-state index in [4.69, 9.17) is 25.5 Å². The number of aliphatic carboxylic acids is 1. The Balaban J connectivity index is 0.00000169. The molecule has 0 aromatic heterocycles. The van der Waals surface area contributed by atoms with E-state index in [0.717, 1.165) is 0 Å². The van der Waals surface area contributed by atoms with Crippen LogP contribution in [0.1, 0.15) is 0 Å². The molecule has 0 saturated carbocycles. The van der Waals surface area contributed by atoms with Crippen LogP contribution in [0, 0.1) is 0 Å². The van der Waals surface area contributed by atoms with E-state index in [1.54, 1.807) is 0 Å². The van der Waals surface area contributed by atoms with Crippen LogP contribution < -0.4 is 0 Å². The van der Waals surface area contributed by atoms with Gasteiger partial charge in [-0.15, -0.1) is 0 Å². The SMILES string of the molecule is O=C(O)[C@H]1O[C@@H](O)[C@H](O)[C@@H](O)[C@@H]1O.[LiH]. The zero-order valence-corrected chi connectivity index (χ0v) is 6.44. The first-order chi connectivity index (χ1) is 5.95. The van der Waals surface area contributed by atoms with E-state index in [0.29, 0.717) is 0 Å². The van der Waals surface area contributed by atoms with E-state index < -0.39 is 36.7 Å². The van der Waals surface area contributed by atoms with Gasteiger partial charge >= 0.3 is 24.8 Å². The Morgan fingerprint density at radius 2 is 1.50 bits per heavy atom. The summed E-state index contributed by atoms with van der Waals surface area (Å²) in [6.45, 7) is 0. The van der Waals surface area contributed by atoms with E-state index in [2.05, 4.69) is 4.74 Å². The number of carboxylic acids is 1. The topological polar surface area (TPSA) is 127 Å². The third-order valence-corrected chi connectivity index (χ3v) is 1.83. The molecule has 1 heterocycles. The third kappa shape index (κ3) is 2.46. The fourth-order valence-corrected chi connectivity index (χ4v) is 1.07. The molecule has 0 spiro atoms. The monoisotopic (exact) mass is 202 g/mol. The minimum atomic E-state index is -1.81. The number of aliphatic hydroxyl groups excluding tert-OH is 4. The van der Waals surface area contributed by atoms with Crippen LogP contribution in [-0.2, 0) is 9.53 Å². The predicted molar refractivity (Wildman–Crippen MR) is 43.7 cm³/mol. The van der Waals surface area contributed by atoms with Gasteiger partial charge in [0.25, 0.3) is 0 Å². The molecule has 0 unspecified atom stereocenters. The zero-order chi connectivity index (χ0) is 10.2. The fraction of sp³-hybridized carbons (Fsp3) is 0.833. The molecule has 1 aliphatic heterocycles. The minimum absolute atomic E-state index is 0. The quantitative estimate of drug-likeness (QED) is 0.276. The van der Waals surface area contributed by atoms with Crippen LogP contribution in [0.2, 0.25) is 0 Å². The molecule has 8 heteroatoms. The number of carboxylic acid groups (broad SMARTS) is 1. The molecule has 14 heavy (non-hydrogen) atoms. The van der Waals surface area contributed by atoms with Gasteiger partial charge in [0.1, 0.15) is 18.3 Å².